The van der Waals surface area contributed by atoms with E-state index < -0.39 is 5.91 Å². The average Bonchev–Trinajstić information content (AvgIpc) is 3.40. The lowest BCUT2D eigenvalue weighted by atomic mass is 9.91. The Labute approximate surface area is 271 Å². The van der Waals surface area contributed by atoms with E-state index in [2.05, 4.69) is 35.6 Å². The summed E-state index contributed by atoms with van der Waals surface area (Å²) in [5, 5.41) is 6.06. The van der Waals surface area contributed by atoms with Gasteiger partial charge in [-0.05, 0) is 42.4 Å². The highest BCUT2D eigenvalue weighted by molar-refractivity contribution is 6.30. The summed E-state index contributed by atoms with van der Waals surface area (Å²) in [5.41, 5.74) is 9.86. The van der Waals surface area contributed by atoms with Crippen molar-refractivity contribution in [2.24, 2.45) is 17.6 Å². The first-order chi connectivity index (χ1) is 22.2. The fourth-order valence-corrected chi connectivity index (χ4v) is 6.94. The van der Waals surface area contributed by atoms with Crippen molar-refractivity contribution in [3.05, 3.63) is 58.9 Å². The Morgan fingerprint density at radius 1 is 1.17 bits per heavy atom. The van der Waals surface area contributed by atoms with Crippen LogP contribution in [0.25, 0.3) is 22.2 Å². The molecule has 12 nitrogen and oxygen atoms in total. The molecule has 0 saturated carbocycles. The minimum atomic E-state index is -0.549. The highest BCUT2D eigenvalue weighted by Crippen LogP contribution is 2.42. The molecular weight excluding hydrogens is 608 g/mol. The van der Waals surface area contributed by atoms with E-state index in [1.165, 1.54) is 12.4 Å². The maximum absolute atomic E-state index is 13.2. The van der Waals surface area contributed by atoms with Crippen LogP contribution in [-0.4, -0.2) is 80.4 Å². The highest BCUT2D eigenvalue weighted by Gasteiger charge is 2.36. The number of pyridine rings is 1. The normalized spacial score (nSPS) is 20.5. The van der Waals surface area contributed by atoms with Gasteiger partial charge < -0.3 is 15.2 Å². The summed E-state index contributed by atoms with van der Waals surface area (Å²) in [7, 11) is 0. The van der Waals surface area contributed by atoms with Crippen LogP contribution in [-0.2, 0) is 22.5 Å². The Kier molecular flexibility index (Phi) is 8.12. The van der Waals surface area contributed by atoms with Crippen molar-refractivity contribution >= 4 is 40.1 Å². The number of anilines is 1. The number of nitrogens with zero attached hydrogens (tertiary/aromatic N) is 7. The topological polar surface area (TPSA) is 142 Å². The van der Waals surface area contributed by atoms with E-state index in [-0.39, 0.29) is 31.0 Å². The summed E-state index contributed by atoms with van der Waals surface area (Å²) in [6.07, 6.45) is 6.32. The molecule has 0 bridgehead atoms. The average molecular weight is 645 g/mol. The van der Waals surface area contributed by atoms with Crippen LogP contribution in [0.15, 0.2) is 36.8 Å². The van der Waals surface area contributed by atoms with Gasteiger partial charge >= 0.3 is 0 Å². The number of amides is 2. The van der Waals surface area contributed by atoms with Gasteiger partial charge in [0, 0.05) is 36.4 Å². The number of rotatable bonds is 8. The molecule has 3 aliphatic rings. The van der Waals surface area contributed by atoms with Gasteiger partial charge in [0.1, 0.15) is 11.6 Å². The van der Waals surface area contributed by atoms with Gasteiger partial charge in [-0.25, -0.2) is 19.6 Å². The van der Waals surface area contributed by atoms with Crippen molar-refractivity contribution in [1.82, 2.24) is 29.6 Å². The zero-order valence-electron chi connectivity index (χ0n) is 26.1. The van der Waals surface area contributed by atoms with Crippen molar-refractivity contribution in [3.8, 4) is 16.9 Å². The molecule has 2 amide bonds. The second kappa shape index (κ2) is 12.2. The van der Waals surface area contributed by atoms with E-state index in [1.54, 1.807) is 11.1 Å². The molecule has 13 heteroatoms. The van der Waals surface area contributed by atoms with Crippen molar-refractivity contribution in [2.45, 2.75) is 52.2 Å². The van der Waals surface area contributed by atoms with Gasteiger partial charge in [-0.3, -0.25) is 19.4 Å². The van der Waals surface area contributed by atoms with Crippen molar-refractivity contribution in [3.63, 3.8) is 0 Å². The maximum atomic E-state index is 13.2. The molecule has 0 aliphatic carbocycles. The minimum Gasteiger partial charge on any atom is -0.482 e. The number of benzene rings is 1. The summed E-state index contributed by atoms with van der Waals surface area (Å²) in [6, 6.07) is 6.22. The lowest BCUT2D eigenvalue weighted by Gasteiger charge is -2.44. The molecule has 3 aliphatic heterocycles. The van der Waals surface area contributed by atoms with Gasteiger partial charge in [0.25, 0.3) is 11.8 Å². The summed E-state index contributed by atoms with van der Waals surface area (Å²) in [5.74, 6) is 0.775. The number of aromatic nitrogens is 5. The monoisotopic (exact) mass is 644 g/mol. The Hall–Kier alpha value is -4.13. The van der Waals surface area contributed by atoms with Gasteiger partial charge in [-0.1, -0.05) is 38.4 Å². The van der Waals surface area contributed by atoms with Crippen LogP contribution in [0.1, 0.15) is 55.1 Å². The molecule has 2 N–H and O–H groups in total. The first-order valence-electron chi connectivity index (χ1n) is 15.7. The SMILES string of the molecule is CC(C)Cc1nc2c(cnn2[C@H]2CCN(C3COC3)C[C@H]2C)c(-c2ccc3c(c2)OCC(=O)N3Cc2ncc(Cl)cn2)c1C(N)=O. The number of likely N-dealkylation sites (tertiary alicyclic amines) is 1. The first-order valence-corrected chi connectivity index (χ1v) is 16.1. The lowest BCUT2D eigenvalue weighted by molar-refractivity contribution is -0.121. The molecule has 0 unspecified atom stereocenters. The summed E-state index contributed by atoms with van der Waals surface area (Å²) < 4.78 is 13.4. The number of hydrogen-bond donors (Lipinski definition) is 1. The van der Waals surface area contributed by atoms with Crippen LogP contribution < -0.4 is 15.4 Å². The molecule has 7 rings (SSSR count). The molecule has 0 spiro atoms. The minimum absolute atomic E-state index is 0.140. The van der Waals surface area contributed by atoms with E-state index in [0.29, 0.717) is 57.5 Å². The maximum Gasteiger partial charge on any atom is 0.265 e. The summed E-state index contributed by atoms with van der Waals surface area (Å²) >= 11 is 5.96. The van der Waals surface area contributed by atoms with Gasteiger partial charge in [0.05, 0.1) is 60.0 Å². The number of primary amides is 1. The molecule has 2 saturated heterocycles. The van der Waals surface area contributed by atoms with Crippen LogP contribution in [0.5, 0.6) is 5.75 Å². The molecule has 2 fully saturated rings. The smallest absolute Gasteiger partial charge is 0.265 e. The van der Waals surface area contributed by atoms with Crippen LogP contribution in [0, 0.1) is 11.8 Å². The third kappa shape index (κ3) is 5.58. The van der Waals surface area contributed by atoms with Gasteiger partial charge in [-0.15, -0.1) is 0 Å². The Morgan fingerprint density at radius 2 is 1.96 bits per heavy atom. The summed E-state index contributed by atoms with van der Waals surface area (Å²) in [4.78, 5) is 43.8. The van der Waals surface area contributed by atoms with E-state index in [9.17, 15) is 9.59 Å². The number of piperidine rings is 1. The third-order valence-corrected chi connectivity index (χ3v) is 9.37. The van der Waals surface area contributed by atoms with Crippen LogP contribution in [0.4, 0.5) is 5.69 Å². The van der Waals surface area contributed by atoms with E-state index in [1.807, 2.05) is 22.9 Å². The predicted molar refractivity (Wildman–Crippen MR) is 173 cm³/mol. The van der Waals surface area contributed by atoms with E-state index >= 15 is 0 Å². The zero-order valence-corrected chi connectivity index (χ0v) is 26.9. The number of fused-ring (bicyclic) bond motifs is 2. The fraction of sp³-hybridized carbons (Fsp3) is 0.455. The zero-order chi connectivity index (χ0) is 32.1. The number of nitrogens with two attached hydrogens (primary N) is 1. The largest absolute Gasteiger partial charge is 0.482 e. The number of carbonyl (C=O) groups excluding carboxylic acids is 2. The van der Waals surface area contributed by atoms with Crippen molar-refractivity contribution < 1.29 is 19.1 Å². The number of carbonyl (C=O) groups is 2. The van der Waals surface area contributed by atoms with Crippen molar-refractivity contribution in [1.29, 1.82) is 0 Å². The molecule has 1 aromatic carbocycles. The summed E-state index contributed by atoms with van der Waals surface area (Å²) in [6.45, 7) is 10.0. The number of halogens is 1. The lowest BCUT2D eigenvalue weighted by Crippen LogP contribution is -2.54. The molecule has 0 radical (unpaired) electrons. The Morgan fingerprint density at radius 3 is 2.63 bits per heavy atom. The second-order valence-corrected chi connectivity index (χ2v) is 13.3. The fourth-order valence-electron chi connectivity index (χ4n) is 6.84. The number of hydrogen-bond acceptors (Lipinski definition) is 9. The molecule has 4 aromatic rings. The van der Waals surface area contributed by atoms with Gasteiger partial charge in [0.2, 0.25) is 0 Å². The molecule has 3 aromatic heterocycles. The van der Waals surface area contributed by atoms with E-state index in [4.69, 9.17) is 36.9 Å². The van der Waals surface area contributed by atoms with Crippen molar-refractivity contribution in [2.75, 3.05) is 37.8 Å². The third-order valence-electron chi connectivity index (χ3n) is 9.17. The molecular formula is C33H37ClN8O4. The van der Waals surface area contributed by atoms with Crippen LogP contribution >= 0.6 is 11.6 Å². The molecule has 2 atom stereocenters. The molecule has 6 heterocycles. The standard InChI is InChI=1S/C33H37ClN8O4/c1-18(2)8-24-31(32(35)44)30(23-12-38-42(33(23)39-24)25-6-7-40(13-19(25)3)22-15-45-16-22)20-4-5-26-27(9-20)46-17-29(43)41(26)14-28-36-10-21(34)11-37-28/h4-5,9-12,18-19,22,25H,6-8,13-17H2,1-3H3,(H2,35,44)/t19-,25+/m1/s1. The Bertz CT molecular complexity index is 1810. The van der Waals surface area contributed by atoms with Crippen LogP contribution in [0.3, 0.4) is 0 Å². The van der Waals surface area contributed by atoms with Gasteiger partial charge in [-0.2, -0.15) is 5.10 Å². The first kappa shape index (κ1) is 30.5. The van der Waals surface area contributed by atoms with E-state index in [0.717, 1.165) is 49.3 Å². The van der Waals surface area contributed by atoms with Crippen LogP contribution in [0.2, 0.25) is 5.02 Å². The highest BCUT2D eigenvalue weighted by atomic mass is 35.5. The van der Waals surface area contributed by atoms with Gasteiger partial charge in [0.15, 0.2) is 12.3 Å². The quantitative estimate of drug-likeness (QED) is 0.301. The predicted octanol–water partition coefficient (Wildman–Crippen LogP) is 4.05. The molecule has 240 valence electrons. The second-order valence-electron chi connectivity index (χ2n) is 12.9. The Balaban J connectivity index is 1.31. The number of ether oxygens (including phenoxy) is 2. The molecule has 46 heavy (non-hydrogen) atoms.